The van der Waals surface area contributed by atoms with Crippen molar-refractivity contribution in [2.24, 2.45) is 0 Å². The van der Waals surface area contributed by atoms with Crippen molar-refractivity contribution in [1.82, 2.24) is 5.32 Å². The highest BCUT2D eigenvalue weighted by Crippen LogP contribution is 2.14. The van der Waals surface area contributed by atoms with Crippen molar-refractivity contribution < 1.29 is 9.00 Å². The van der Waals surface area contributed by atoms with Crippen LogP contribution < -0.4 is 5.32 Å². The third-order valence-corrected chi connectivity index (χ3v) is 4.31. The van der Waals surface area contributed by atoms with E-state index in [2.05, 4.69) is 5.32 Å². The van der Waals surface area contributed by atoms with Crippen LogP contribution >= 0.6 is 0 Å². The van der Waals surface area contributed by atoms with Gasteiger partial charge in [-0.05, 0) is 43.7 Å². The molecule has 0 aliphatic carbocycles. The number of hydrogen-bond donors (Lipinski definition) is 1. The molecule has 3 nitrogen and oxygen atoms in total. The van der Waals surface area contributed by atoms with Crippen LogP contribution in [-0.2, 0) is 10.8 Å². The van der Waals surface area contributed by atoms with Crippen LogP contribution in [0.25, 0.3) is 0 Å². The quantitative estimate of drug-likeness (QED) is 0.942. The molecule has 110 valence electrons. The van der Waals surface area contributed by atoms with Gasteiger partial charge in [-0.25, -0.2) is 0 Å². The summed E-state index contributed by atoms with van der Waals surface area (Å²) < 4.78 is 11.3. The highest BCUT2D eigenvalue weighted by Gasteiger charge is 2.11. The number of aryl methyl sites for hydroxylation is 1. The Balaban J connectivity index is 2.06. The molecule has 0 fully saturated rings. The minimum absolute atomic E-state index is 0.0573. The highest BCUT2D eigenvalue weighted by atomic mass is 32.2. The van der Waals surface area contributed by atoms with E-state index in [0.29, 0.717) is 5.56 Å². The second-order valence-electron chi connectivity index (χ2n) is 5.08. The summed E-state index contributed by atoms with van der Waals surface area (Å²) in [5.74, 6) is -0.128. The third-order valence-electron chi connectivity index (χ3n) is 3.37. The van der Waals surface area contributed by atoms with Crippen LogP contribution in [0.5, 0.6) is 0 Å². The molecule has 21 heavy (non-hydrogen) atoms. The number of amides is 1. The summed E-state index contributed by atoms with van der Waals surface area (Å²) in [5, 5.41) is 2.97. The Hall–Kier alpha value is -1.94. The molecule has 0 radical (unpaired) electrons. The highest BCUT2D eigenvalue weighted by molar-refractivity contribution is 7.84. The first-order valence-electron chi connectivity index (χ1n) is 6.78. The third kappa shape index (κ3) is 4.02. The van der Waals surface area contributed by atoms with Gasteiger partial charge in [-0.1, -0.05) is 29.8 Å². The van der Waals surface area contributed by atoms with E-state index < -0.39 is 10.8 Å². The van der Waals surface area contributed by atoms with Crippen molar-refractivity contribution in [2.45, 2.75) is 24.8 Å². The molecule has 0 saturated heterocycles. The molecular weight excluding hydrogens is 282 g/mol. The van der Waals surface area contributed by atoms with Crippen LogP contribution in [0.3, 0.4) is 0 Å². The number of benzene rings is 2. The minimum atomic E-state index is -1.02. The number of carbonyl (C=O) groups excluding carboxylic acids is 1. The van der Waals surface area contributed by atoms with Gasteiger partial charge in [0.15, 0.2) is 0 Å². The lowest BCUT2D eigenvalue weighted by molar-refractivity contribution is 0.0940. The van der Waals surface area contributed by atoms with E-state index in [1.807, 2.05) is 38.1 Å². The van der Waals surface area contributed by atoms with E-state index in [9.17, 15) is 9.00 Å². The number of carbonyl (C=O) groups is 1. The molecule has 2 atom stereocenters. The van der Waals surface area contributed by atoms with Gasteiger partial charge >= 0.3 is 0 Å². The lowest BCUT2D eigenvalue weighted by Gasteiger charge is -2.14. The van der Waals surface area contributed by atoms with E-state index in [1.165, 1.54) is 5.56 Å². The molecule has 2 aromatic carbocycles. The summed E-state index contributed by atoms with van der Waals surface area (Å²) >= 11 is 0. The van der Waals surface area contributed by atoms with E-state index in [4.69, 9.17) is 0 Å². The Labute approximate surface area is 127 Å². The topological polar surface area (TPSA) is 46.2 Å². The average molecular weight is 301 g/mol. The SMILES string of the molecule is Cc1ccc(C(C)NC(=O)c2ccc(S(C)=O)cc2)cc1. The zero-order valence-electron chi connectivity index (χ0n) is 12.4. The Morgan fingerprint density at radius 1 is 1.05 bits per heavy atom. The Morgan fingerprint density at radius 3 is 2.14 bits per heavy atom. The lowest BCUT2D eigenvalue weighted by atomic mass is 10.1. The van der Waals surface area contributed by atoms with Gasteiger partial charge in [-0.2, -0.15) is 0 Å². The fourth-order valence-corrected chi connectivity index (χ4v) is 2.54. The van der Waals surface area contributed by atoms with Crippen molar-refractivity contribution in [3.8, 4) is 0 Å². The maximum Gasteiger partial charge on any atom is 0.251 e. The van der Waals surface area contributed by atoms with E-state index in [1.54, 1.807) is 30.5 Å². The summed E-state index contributed by atoms with van der Waals surface area (Å²) in [6.45, 7) is 3.99. The molecule has 0 aliphatic rings. The van der Waals surface area contributed by atoms with Crippen LogP contribution in [0, 0.1) is 6.92 Å². The van der Waals surface area contributed by atoms with Crippen LogP contribution in [0.4, 0.5) is 0 Å². The maximum atomic E-state index is 12.2. The fraction of sp³-hybridized carbons (Fsp3) is 0.235. The van der Waals surface area contributed by atoms with Crippen LogP contribution in [0.2, 0.25) is 0 Å². The first-order valence-corrected chi connectivity index (χ1v) is 8.34. The van der Waals surface area contributed by atoms with Gasteiger partial charge in [0.2, 0.25) is 0 Å². The fourth-order valence-electron chi connectivity index (χ4n) is 2.02. The molecule has 0 aromatic heterocycles. The van der Waals surface area contributed by atoms with Crippen LogP contribution in [0.15, 0.2) is 53.4 Å². The lowest BCUT2D eigenvalue weighted by Crippen LogP contribution is -2.26. The first-order chi connectivity index (χ1) is 9.97. The van der Waals surface area contributed by atoms with Gasteiger partial charge in [-0.3, -0.25) is 9.00 Å². The van der Waals surface area contributed by atoms with Gasteiger partial charge in [0.25, 0.3) is 5.91 Å². The molecule has 0 heterocycles. The molecule has 2 rings (SSSR count). The van der Waals surface area contributed by atoms with Crippen LogP contribution in [0.1, 0.15) is 34.5 Å². The largest absolute Gasteiger partial charge is 0.346 e. The standard InChI is InChI=1S/C17H19NO2S/c1-12-4-6-14(7-5-12)13(2)18-17(19)15-8-10-16(11-9-15)21(3)20/h4-11,13H,1-3H3,(H,18,19). The van der Waals surface area contributed by atoms with E-state index in [0.717, 1.165) is 10.5 Å². The second kappa shape index (κ2) is 6.68. The molecule has 0 bridgehead atoms. The molecule has 0 aliphatic heterocycles. The number of hydrogen-bond acceptors (Lipinski definition) is 2. The van der Waals surface area contributed by atoms with Gasteiger partial charge in [-0.15, -0.1) is 0 Å². The summed E-state index contributed by atoms with van der Waals surface area (Å²) in [7, 11) is -1.02. The molecule has 2 aromatic rings. The van der Waals surface area contributed by atoms with E-state index >= 15 is 0 Å². The van der Waals surface area contributed by atoms with Crippen molar-refractivity contribution >= 4 is 16.7 Å². The minimum Gasteiger partial charge on any atom is -0.346 e. The van der Waals surface area contributed by atoms with Crippen molar-refractivity contribution in [3.05, 3.63) is 65.2 Å². The predicted octanol–water partition coefficient (Wildman–Crippen LogP) is 3.22. The molecule has 2 unspecified atom stereocenters. The second-order valence-corrected chi connectivity index (χ2v) is 6.46. The predicted molar refractivity (Wildman–Crippen MR) is 85.8 cm³/mol. The van der Waals surface area contributed by atoms with Crippen LogP contribution in [-0.4, -0.2) is 16.4 Å². The van der Waals surface area contributed by atoms with Crippen molar-refractivity contribution in [3.63, 3.8) is 0 Å². The summed E-state index contributed by atoms with van der Waals surface area (Å²) in [4.78, 5) is 12.9. The maximum absolute atomic E-state index is 12.2. The normalized spacial score (nSPS) is 13.5. The molecular formula is C17H19NO2S. The van der Waals surface area contributed by atoms with Gasteiger partial charge in [0, 0.05) is 27.5 Å². The monoisotopic (exact) mass is 301 g/mol. The van der Waals surface area contributed by atoms with Gasteiger partial charge < -0.3 is 5.32 Å². The van der Waals surface area contributed by atoms with Gasteiger partial charge in [0.1, 0.15) is 0 Å². The first kappa shape index (κ1) is 15.4. The Morgan fingerprint density at radius 2 is 1.62 bits per heavy atom. The summed E-state index contributed by atoms with van der Waals surface area (Å²) in [5.41, 5.74) is 2.84. The van der Waals surface area contributed by atoms with Crippen molar-refractivity contribution in [1.29, 1.82) is 0 Å². The summed E-state index contributed by atoms with van der Waals surface area (Å²) in [6.07, 6.45) is 1.62. The smallest absolute Gasteiger partial charge is 0.251 e. The number of rotatable bonds is 4. The number of nitrogens with one attached hydrogen (secondary N) is 1. The molecule has 0 saturated carbocycles. The molecule has 1 amide bonds. The average Bonchev–Trinajstić information content (AvgIpc) is 2.47. The zero-order valence-corrected chi connectivity index (χ0v) is 13.2. The van der Waals surface area contributed by atoms with Crippen molar-refractivity contribution in [2.75, 3.05) is 6.26 Å². The Kier molecular flexibility index (Phi) is 4.91. The summed E-state index contributed by atoms with van der Waals surface area (Å²) in [6, 6.07) is 14.9. The van der Waals surface area contributed by atoms with Gasteiger partial charge in [0.05, 0.1) is 6.04 Å². The molecule has 4 heteroatoms. The molecule has 1 N–H and O–H groups in total. The Bertz CT molecular complexity index is 647. The zero-order chi connectivity index (χ0) is 15.4. The van der Waals surface area contributed by atoms with E-state index in [-0.39, 0.29) is 11.9 Å². The molecule has 0 spiro atoms.